The monoisotopic (exact) mass is 332 g/mol. The molecule has 2 unspecified atom stereocenters. The first-order chi connectivity index (χ1) is 7.69. The van der Waals surface area contributed by atoms with E-state index in [-0.39, 0.29) is 0 Å². The van der Waals surface area contributed by atoms with Crippen LogP contribution in [0.5, 0.6) is 0 Å². The average Bonchev–Trinajstić information content (AvgIpc) is 2.70. The third-order valence-corrected chi connectivity index (χ3v) is 3.76. The van der Waals surface area contributed by atoms with Gasteiger partial charge in [0, 0.05) is 16.7 Å². The van der Waals surface area contributed by atoms with Gasteiger partial charge in [0.25, 0.3) is 0 Å². The number of halogens is 1. The minimum atomic E-state index is 0.405. The molecule has 0 heterocycles. The standard InChI is InChI=1S/C12H17IN2O/c1-16-10-4-3-9(7-10)15-12-5-2-8(13)6-11(12)14/h2,5-6,9-10,15H,3-4,7,14H2,1H3. The first kappa shape index (κ1) is 12.0. The SMILES string of the molecule is COC1CCC(Nc2ccc(I)cc2N)C1. The number of methoxy groups -OCH3 is 1. The fraction of sp³-hybridized carbons (Fsp3) is 0.500. The number of rotatable bonds is 3. The van der Waals surface area contributed by atoms with Gasteiger partial charge in [-0.05, 0) is 60.1 Å². The van der Waals surface area contributed by atoms with Crippen LogP contribution in [0.3, 0.4) is 0 Å². The van der Waals surface area contributed by atoms with Crippen molar-refractivity contribution in [3.8, 4) is 0 Å². The molecule has 1 aromatic carbocycles. The largest absolute Gasteiger partial charge is 0.397 e. The Hall–Kier alpha value is -0.490. The lowest BCUT2D eigenvalue weighted by molar-refractivity contribution is 0.108. The number of nitrogens with two attached hydrogens (primary N) is 1. The summed E-state index contributed by atoms with van der Waals surface area (Å²) in [4.78, 5) is 0. The van der Waals surface area contributed by atoms with E-state index < -0.39 is 0 Å². The smallest absolute Gasteiger partial charge is 0.0591 e. The van der Waals surface area contributed by atoms with E-state index in [9.17, 15) is 0 Å². The highest BCUT2D eigenvalue weighted by molar-refractivity contribution is 14.1. The molecule has 0 radical (unpaired) electrons. The summed E-state index contributed by atoms with van der Waals surface area (Å²) in [5.74, 6) is 0. The summed E-state index contributed by atoms with van der Waals surface area (Å²) in [6.45, 7) is 0. The van der Waals surface area contributed by atoms with Crippen LogP contribution in [0.2, 0.25) is 0 Å². The summed E-state index contributed by atoms with van der Waals surface area (Å²) in [5, 5.41) is 3.49. The summed E-state index contributed by atoms with van der Waals surface area (Å²) in [6.07, 6.45) is 3.77. The van der Waals surface area contributed by atoms with E-state index in [1.54, 1.807) is 7.11 Å². The van der Waals surface area contributed by atoms with Gasteiger partial charge in [-0.3, -0.25) is 0 Å². The summed E-state index contributed by atoms with van der Waals surface area (Å²) < 4.78 is 6.52. The zero-order valence-electron chi connectivity index (χ0n) is 9.37. The fourth-order valence-electron chi connectivity index (χ4n) is 2.17. The van der Waals surface area contributed by atoms with Crippen LogP contribution in [0.15, 0.2) is 18.2 Å². The third kappa shape index (κ3) is 2.79. The Morgan fingerprint density at radius 2 is 2.25 bits per heavy atom. The molecule has 1 fully saturated rings. The molecule has 0 amide bonds. The van der Waals surface area contributed by atoms with Crippen LogP contribution < -0.4 is 11.1 Å². The van der Waals surface area contributed by atoms with Crippen molar-refractivity contribution in [2.24, 2.45) is 0 Å². The van der Waals surface area contributed by atoms with Crippen LogP contribution >= 0.6 is 22.6 Å². The normalized spacial score (nSPS) is 24.6. The molecule has 0 aliphatic heterocycles. The lowest BCUT2D eigenvalue weighted by Gasteiger charge is -2.16. The Labute approximate surface area is 110 Å². The Morgan fingerprint density at radius 1 is 1.44 bits per heavy atom. The van der Waals surface area contributed by atoms with Crippen LogP contribution in [0.4, 0.5) is 11.4 Å². The van der Waals surface area contributed by atoms with Gasteiger partial charge in [0.2, 0.25) is 0 Å². The van der Waals surface area contributed by atoms with Crippen LogP contribution in [0.25, 0.3) is 0 Å². The molecule has 1 aliphatic carbocycles. The summed E-state index contributed by atoms with van der Waals surface area (Å²) in [7, 11) is 1.78. The van der Waals surface area contributed by atoms with Gasteiger partial charge in [0.15, 0.2) is 0 Å². The van der Waals surface area contributed by atoms with Crippen molar-refractivity contribution in [3.63, 3.8) is 0 Å². The minimum Gasteiger partial charge on any atom is -0.397 e. The highest BCUT2D eigenvalue weighted by Crippen LogP contribution is 2.28. The highest BCUT2D eigenvalue weighted by Gasteiger charge is 2.24. The second-order valence-electron chi connectivity index (χ2n) is 4.24. The predicted octanol–water partition coefficient (Wildman–Crippen LogP) is 2.85. The van der Waals surface area contributed by atoms with E-state index >= 15 is 0 Å². The average molecular weight is 332 g/mol. The van der Waals surface area contributed by atoms with E-state index in [0.717, 1.165) is 30.6 Å². The molecule has 2 atom stereocenters. The zero-order chi connectivity index (χ0) is 11.5. The molecule has 0 aromatic heterocycles. The third-order valence-electron chi connectivity index (χ3n) is 3.09. The first-order valence-electron chi connectivity index (χ1n) is 5.53. The van der Waals surface area contributed by atoms with Crippen molar-refractivity contribution in [1.82, 2.24) is 0 Å². The number of ether oxygens (including phenoxy) is 1. The van der Waals surface area contributed by atoms with Gasteiger partial charge in [0.1, 0.15) is 0 Å². The van der Waals surface area contributed by atoms with Gasteiger partial charge in [-0.1, -0.05) is 0 Å². The lowest BCUT2D eigenvalue weighted by atomic mass is 10.2. The molecule has 88 valence electrons. The Morgan fingerprint density at radius 3 is 2.88 bits per heavy atom. The number of benzene rings is 1. The van der Waals surface area contributed by atoms with E-state index in [1.807, 2.05) is 6.07 Å². The van der Waals surface area contributed by atoms with Gasteiger partial charge in [0.05, 0.1) is 17.5 Å². The van der Waals surface area contributed by atoms with Gasteiger partial charge in [-0.25, -0.2) is 0 Å². The molecule has 0 spiro atoms. The molecule has 0 bridgehead atoms. The molecule has 2 rings (SSSR count). The van der Waals surface area contributed by atoms with Crippen molar-refractivity contribution >= 4 is 34.0 Å². The first-order valence-corrected chi connectivity index (χ1v) is 6.61. The number of hydrogen-bond donors (Lipinski definition) is 2. The molecule has 1 saturated carbocycles. The van der Waals surface area contributed by atoms with Gasteiger partial charge < -0.3 is 15.8 Å². The second-order valence-corrected chi connectivity index (χ2v) is 5.49. The molecule has 16 heavy (non-hydrogen) atoms. The molecule has 3 N–H and O–H groups in total. The predicted molar refractivity (Wildman–Crippen MR) is 75.6 cm³/mol. The van der Waals surface area contributed by atoms with Crippen molar-refractivity contribution in [2.75, 3.05) is 18.2 Å². The van der Waals surface area contributed by atoms with Crippen molar-refractivity contribution in [3.05, 3.63) is 21.8 Å². The highest BCUT2D eigenvalue weighted by atomic mass is 127. The van der Waals surface area contributed by atoms with E-state index in [0.29, 0.717) is 12.1 Å². The Bertz CT molecular complexity index is 370. The minimum absolute atomic E-state index is 0.405. The Balaban J connectivity index is 1.99. The van der Waals surface area contributed by atoms with Gasteiger partial charge in [-0.15, -0.1) is 0 Å². The topological polar surface area (TPSA) is 47.3 Å². The maximum atomic E-state index is 5.97. The molecular formula is C12H17IN2O. The van der Waals surface area contributed by atoms with Crippen molar-refractivity contribution in [1.29, 1.82) is 0 Å². The number of nitrogen functional groups attached to an aromatic ring is 1. The molecule has 0 saturated heterocycles. The number of anilines is 2. The van der Waals surface area contributed by atoms with Crippen LogP contribution in [0.1, 0.15) is 19.3 Å². The van der Waals surface area contributed by atoms with E-state index in [2.05, 4.69) is 40.0 Å². The van der Waals surface area contributed by atoms with Gasteiger partial charge >= 0.3 is 0 Å². The maximum absolute atomic E-state index is 5.97. The summed E-state index contributed by atoms with van der Waals surface area (Å²) in [6, 6.07) is 6.61. The molecule has 4 heteroatoms. The summed E-state index contributed by atoms with van der Waals surface area (Å²) in [5.41, 5.74) is 7.84. The quantitative estimate of drug-likeness (QED) is 0.661. The van der Waals surface area contributed by atoms with Crippen molar-refractivity contribution < 1.29 is 4.74 Å². The number of nitrogens with one attached hydrogen (secondary N) is 1. The maximum Gasteiger partial charge on any atom is 0.0591 e. The molecule has 3 nitrogen and oxygen atoms in total. The summed E-state index contributed by atoms with van der Waals surface area (Å²) >= 11 is 2.27. The van der Waals surface area contributed by atoms with Crippen LogP contribution in [-0.4, -0.2) is 19.3 Å². The number of hydrogen-bond acceptors (Lipinski definition) is 3. The molecule has 1 aromatic rings. The lowest BCUT2D eigenvalue weighted by Crippen LogP contribution is -2.18. The van der Waals surface area contributed by atoms with Crippen molar-refractivity contribution in [2.45, 2.75) is 31.4 Å². The fourth-order valence-corrected chi connectivity index (χ4v) is 2.69. The Kier molecular flexibility index (Phi) is 3.91. The van der Waals surface area contributed by atoms with E-state index in [4.69, 9.17) is 10.5 Å². The van der Waals surface area contributed by atoms with E-state index in [1.165, 1.54) is 3.57 Å². The van der Waals surface area contributed by atoms with Gasteiger partial charge in [-0.2, -0.15) is 0 Å². The molecular weight excluding hydrogens is 315 g/mol. The zero-order valence-corrected chi connectivity index (χ0v) is 11.5. The van der Waals surface area contributed by atoms with Crippen LogP contribution in [-0.2, 0) is 4.74 Å². The van der Waals surface area contributed by atoms with Crippen LogP contribution in [0, 0.1) is 3.57 Å². The molecule has 1 aliphatic rings. The second kappa shape index (κ2) is 5.23.